The van der Waals surface area contributed by atoms with E-state index in [9.17, 15) is 27.2 Å². The number of fused-ring (bicyclic) bond motifs is 2. The molecule has 4 heterocycles. The van der Waals surface area contributed by atoms with Crippen LogP contribution in [0.4, 0.5) is 23.4 Å². The Morgan fingerprint density at radius 1 is 1.19 bits per heavy atom. The average molecular weight is 522 g/mol. The van der Waals surface area contributed by atoms with E-state index in [1.165, 1.54) is 36.1 Å². The van der Waals surface area contributed by atoms with Crippen LogP contribution < -0.4 is 10.9 Å². The lowest BCUT2D eigenvalue weighted by molar-refractivity contribution is -0.135. The molecule has 36 heavy (non-hydrogen) atoms. The van der Waals surface area contributed by atoms with Crippen molar-refractivity contribution in [1.82, 2.24) is 29.5 Å². The number of carbonyl (C=O) groups excluding carboxylic acids is 1. The summed E-state index contributed by atoms with van der Waals surface area (Å²) >= 11 is 5.90. The van der Waals surface area contributed by atoms with Crippen molar-refractivity contribution in [2.24, 2.45) is 0 Å². The molecule has 0 bridgehead atoms. The summed E-state index contributed by atoms with van der Waals surface area (Å²) in [6.07, 6.45) is -2.92. The Morgan fingerprint density at radius 3 is 2.69 bits per heavy atom. The molecule has 1 amide bonds. The fraction of sp³-hybridized carbons (Fsp3) is 0.273. The van der Waals surface area contributed by atoms with Gasteiger partial charge in [0, 0.05) is 6.42 Å². The Bertz CT molecular complexity index is 1580. The number of amides is 1. The molecule has 0 spiro atoms. The Kier molecular flexibility index (Phi) is 5.54. The molecule has 0 radical (unpaired) electrons. The number of nitrogens with zero attached hydrogens (tertiary/aromatic N) is 5. The Labute approximate surface area is 204 Å². The molecule has 1 aromatic carbocycles. The molecule has 3 aromatic heterocycles. The molecule has 0 fully saturated rings. The molecule has 186 valence electrons. The number of hydrogen-bond donors (Lipinski definition) is 2. The first-order chi connectivity index (χ1) is 17.0. The minimum atomic E-state index is -4.31. The summed E-state index contributed by atoms with van der Waals surface area (Å²) in [5.41, 5.74) is -1.32. The van der Waals surface area contributed by atoms with Gasteiger partial charge in [0.1, 0.15) is 29.1 Å². The molecule has 1 atom stereocenters. The van der Waals surface area contributed by atoms with E-state index in [4.69, 9.17) is 11.6 Å². The van der Waals surface area contributed by atoms with E-state index in [0.29, 0.717) is 5.56 Å². The van der Waals surface area contributed by atoms with E-state index < -0.39 is 35.3 Å². The molecule has 14 heteroatoms. The van der Waals surface area contributed by atoms with Crippen LogP contribution in [0.5, 0.6) is 0 Å². The van der Waals surface area contributed by atoms with Crippen LogP contribution in [0, 0.1) is 5.82 Å². The normalized spacial score (nSPS) is 17.4. The third kappa shape index (κ3) is 3.98. The number of hydrogen-bond acceptors (Lipinski definition) is 6. The number of benzene rings is 1. The molecular weight excluding hydrogens is 506 g/mol. The monoisotopic (exact) mass is 521 g/mol. The van der Waals surface area contributed by atoms with Crippen LogP contribution in [0.15, 0.2) is 35.5 Å². The van der Waals surface area contributed by atoms with Crippen LogP contribution in [0.1, 0.15) is 36.6 Å². The smallest absolute Gasteiger partial charge is 0.324 e. The Morgan fingerprint density at radius 2 is 1.97 bits per heavy atom. The third-order valence-corrected chi connectivity index (χ3v) is 6.35. The van der Waals surface area contributed by atoms with Gasteiger partial charge in [0.2, 0.25) is 5.91 Å². The summed E-state index contributed by atoms with van der Waals surface area (Å²) in [4.78, 5) is 41.5. The number of aromatic nitrogens is 6. The van der Waals surface area contributed by atoms with Crippen LogP contribution in [-0.4, -0.2) is 41.6 Å². The van der Waals surface area contributed by atoms with Crippen molar-refractivity contribution in [3.63, 3.8) is 0 Å². The number of alkyl halides is 3. The van der Waals surface area contributed by atoms with Crippen molar-refractivity contribution in [1.29, 1.82) is 0 Å². The zero-order chi connectivity index (χ0) is 25.8. The van der Waals surface area contributed by atoms with Gasteiger partial charge in [-0.25, -0.2) is 18.9 Å². The summed E-state index contributed by atoms with van der Waals surface area (Å²) in [6, 6.07) is 3.73. The van der Waals surface area contributed by atoms with Gasteiger partial charge in [-0.15, -0.1) is 0 Å². The topological polar surface area (TPSA) is 118 Å². The van der Waals surface area contributed by atoms with E-state index in [1.807, 2.05) is 0 Å². The van der Waals surface area contributed by atoms with Crippen LogP contribution in [0.3, 0.4) is 0 Å². The molecule has 5 rings (SSSR count). The SMILES string of the molecule is CC1(c2ccc(F)c(Cl)c2)C(=O)Nc2[nH]c(-c3cn4ncnc4c(CCCC(F)(F)F)n3)nc(=O)c21. The minimum absolute atomic E-state index is 0.00570. The fourth-order valence-corrected chi connectivity index (χ4v) is 4.40. The standard InChI is InChI=1S/C22H16ClF4N7O2/c1-21(10-4-5-12(24)11(23)7-10)15-17(33-20(21)36)31-16(32-19(15)35)14-8-34-18(28-9-29-34)13(30-14)3-2-6-22(25,26)27/h4-5,7-9H,2-3,6H2,1H3,(H2,31,32,33,35,36). The molecule has 0 aliphatic carbocycles. The van der Waals surface area contributed by atoms with Gasteiger partial charge in [0.05, 0.1) is 22.5 Å². The Hall–Kier alpha value is -3.87. The van der Waals surface area contributed by atoms with Gasteiger partial charge in [-0.05, 0) is 37.5 Å². The van der Waals surface area contributed by atoms with E-state index in [2.05, 4.69) is 30.4 Å². The number of aryl methyl sites for hydroxylation is 1. The lowest BCUT2D eigenvalue weighted by atomic mass is 9.78. The number of halogens is 5. The van der Waals surface area contributed by atoms with Crippen molar-refractivity contribution in [3.05, 3.63) is 68.7 Å². The summed E-state index contributed by atoms with van der Waals surface area (Å²) in [5.74, 6) is -1.20. The predicted octanol–water partition coefficient (Wildman–Crippen LogP) is 3.81. The highest BCUT2D eigenvalue weighted by Crippen LogP contribution is 2.41. The highest BCUT2D eigenvalue weighted by molar-refractivity contribution is 6.30. The summed E-state index contributed by atoms with van der Waals surface area (Å²) < 4.78 is 52.9. The second-order valence-corrected chi connectivity index (χ2v) is 8.83. The lowest BCUT2D eigenvalue weighted by Crippen LogP contribution is -2.36. The van der Waals surface area contributed by atoms with Gasteiger partial charge in [0.25, 0.3) is 5.56 Å². The Balaban J connectivity index is 1.57. The summed E-state index contributed by atoms with van der Waals surface area (Å²) in [7, 11) is 0. The minimum Gasteiger partial charge on any atom is -0.324 e. The van der Waals surface area contributed by atoms with Crippen molar-refractivity contribution >= 4 is 29.0 Å². The number of H-pyrrole nitrogens is 1. The maximum absolute atomic E-state index is 13.7. The van der Waals surface area contributed by atoms with Gasteiger partial charge >= 0.3 is 6.18 Å². The summed E-state index contributed by atoms with van der Waals surface area (Å²) in [6.45, 7) is 1.49. The first kappa shape index (κ1) is 23.9. The van der Waals surface area contributed by atoms with Crippen molar-refractivity contribution in [2.75, 3.05) is 5.32 Å². The molecule has 4 aromatic rings. The molecule has 0 saturated carbocycles. The van der Waals surface area contributed by atoms with Gasteiger partial charge in [-0.1, -0.05) is 17.7 Å². The van der Waals surface area contributed by atoms with E-state index in [0.717, 1.165) is 6.07 Å². The van der Waals surface area contributed by atoms with Gasteiger partial charge in [-0.3, -0.25) is 9.59 Å². The van der Waals surface area contributed by atoms with E-state index >= 15 is 0 Å². The zero-order valence-corrected chi connectivity index (χ0v) is 19.2. The predicted molar refractivity (Wildman–Crippen MR) is 120 cm³/mol. The summed E-state index contributed by atoms with van der Waals surface area (Å²) in [5, 5.41) is 6.42. The van der Waals surface area contributed by atoms with Gasteiger partial charge in [0.15, 0.2) is 11.5 Å². The van der Waals surface area contributed by atoms with E-state index in [-0.39, 0.29) is 52.1 Å². The largest absolute Gasteiger partial charge is 0.389 e. The first-order valence-corrected chi connectivity index (χ1v) is 11.0. The van der Waals surface area contributed by atoms with Crippen LogP contribution >= 0.6 is 11.6 Å². The molecule has 0 saturated heterocycles. The van der Waals surface area contributed by atoms with Crippen molar-refractivity contribution in [2.45, 2.75) is 37.8 Å². The van der Waals surface area contributed by atoms with Gasteiger partial charge in [-0.2, -0.15) is 23.3 Å². The number of aromatic amines is 1. The molecule has 1 aliphatic rings. The molecule has 9 nitrogen and oxygen atoms in total. The highest BCUT2D eigenvalue weighted by atomic mass is 35.5. The zero-order valence-electron chi connectivity index (χ0n) is 18.5. The molecular formula is C22H16ClF4N7O2. The quantitative estimate of drug-likeness (QED) is 0.386. The van der Waals surface area contributed by atoms with Crippen molar-refractivity contribution < 1.29 is 22.4 Å². The van der Waals surface area contributed by atoms with Gasteiger partial charge < -0.3 is 10.3 Å². The third-order valence-electron chi connectivity index (χ3n) is 6.06. The number of carbonyl (C=O) groups is 1. The molecule has 1 aliphatic heterocycles. The average Bonchev–Trinajstić information content (AvgIpc) is 3.37. The maximum Gasteiger partial charge on any atom is 0.389 e. The molecule has 1 unspecified atom stereocenters. The second-order valence-electron chi connectivity index (χ2n) is 8.42. The number of nitrogens with one attached hydrogen (secondary N) is 2. The molecule has 2 N–H and O–H groups in total. The number of anilines is 1. The van der Waals surface area contributed by atoms with Crippen LogP contribution in [0.2, 0.25) is 5.02 Å². The highest BCUT2D eigenvalue weighted by Gasteiger charge is 2.47. The lowest BCUT2D eigenvalue weighted by Gasteiger charge is -2.22. The maximum atomic E-state index is 13.7. The second kappa shape index (κ2) is 8.36. The van der Waals surface area contributed by atoms with Crippen LogP contribution in [0.25, 0.3) is 17.2 Å². The van der Waals surface area contributed by atoms with Crippen LogP contribution in [-0.2, 0) is 16.6 Å². The number of rotatable bonds is 5. The first-order valence-electron chi connectivity index (χ1n) is 10.7. The van der Waals surface area contributed by atoms with E-state index in [1.54, 1.807) is 0 Å². The fourth-order valence-electron chi connectivity index (χ4n) is 4.22. The van der Waals surface area contributed by atoms with Crippen molar-refractivity contribution in [3.8, 4) is 11.5 Å².